The van der Waals surface area contributed by atoms with Crippen LogP contribution < -0.4 is 16.2 Å². The number of ether oxygens (including phenoxy) is 1. The normalized spacial score (nSPS) is 12.7. The standard InChI is InChI=1S/C62H118N2O6/c1-7-11-15-19-25-33-42-55(43-34-26-20-16-12-8-2)70-57(67)45-36-28-24-32-40-52-64(51-39-31-23-27-35-44-56(65)66)53-41-50-63-59-58(60(68)61(59)69)54(5)46-49-62(6,47-37-29-21-17-13-9-3)48-38-30-22-18-14-10-4/h55-57,63,65-67H,5,7-53H2,1-4,6H3. The van der Waals surface area contributed by atoms with Gasteiger partial charge in [-0.05, 0) is 114 Å². The van der Waals surface area contributed by atoms with Gasteiger partial charge in [0.15, 0.2) is 12.6 Å². The molecule has 1 aromatic carbocycles. The van der Waals surface area contributed by atoms with Crippen LogP contribution in [0.4, 0.5) is 5.69 Å². The fraction of sp³-hybridized carbons (Fsp3) is 0.903. The van der Waals surface area contributed by atoms with Crippen LogP contribution in [0.25, 0.3) is 5.57 Å². The molecule has 1 rings (SSSR count). The van der Waals surface area contributed by atoms with Gasteiger partial charge in [0.2, 0.25) is 10.9 Å². The Balaban J connectivity index is 2.67. The number of nitrogens with one attached hydrogen (secondary N) is 1. The lowest BCUT2D eigenvalue weighted by atomic mass is 9.75. The lowest BCUT2D eigenvalue weighted by Gasteiger charge is -2.31. The molecule has 1 unspecified atom stereocenters. The van der Waals surface area contributed by atoms with Gasteiger partial charge in [-0.15, -0.1) is 0 Å². The van der Waals surface area contributed by atoms with Gasteiger partial charge in [0.05, 0.1) is 17.4 Å². The Kier molecular flexibility index (Phi) is 43.6. The summed E-state index contributed by atoms with van der Waals surface area (Å²) in [7, 11) is 0. The minimum absolute atomic E-state index is 0.183. The average Bonchev–Trinajstić information content (AvgIpc) is 3.34. The molecule has 0 bridgehead atoms. The largest absolute Gasteiger partial charge is 0.381 e. The summed E-state index contributed by atoms with van der Waals surface area (Å²) in [4.78, 5) is 28.5. The van der Waals surface area contributed by atoms with Crippen LogP contribution in [0, 0.1) is 5.41 Å². The van der Waals surface area contributed by atoms with Crippen LogP contribution in [0.1, 0.15) is 316 Å². The Morgan fingerprint density at radius 1 is 0.500 bits per heavy atom. The average molecular weight is 988 g/mol. The van der Waals surface area contributed by atoms with E-state index < -0.39 is 12.6 Å². The van der Waals surface area contributed by atoms with Crippen molar-refractivity contribution in [2.75, 3.05) is 31.5 Å². The van der Waals surface area contributed by atoms with E-state index in [0.717, 1.165) is 122 Å². The smallest absolute Gasteiger partial charge is 0.250 e. The molecule has 0 aliphatic heterocycles. The third-order valence-corrected chi connectivity index (χ3v) is 15.5. The molecule has 1 aromatic rings. The highest BCUT2D eigenvalue weighted by Gasteiger charge is 2.27. The molecule has 1 atom stereocenters. The van der Waals surface area contributed by atoms with Crippen LogP contribution in [0.15, 0.2) is 16.2 Å². The van der Waals surface area contributed by atoms with E-state index in [4.69, 9.17) is 4.74 Å². The summed E-state index contributed by atoms with van der Waals surface area (Å²) in [5.41, 5.74) is 1.35. The summed E-state index contributed by atoms with van der Waals surface area (Å²) in [6, 6.07) is 0. The maximum absolute atomic E-state index is 13.0. The molecular formula is C62H118N2O6. The fourth-order valence-corrected chi connectivity index (χ4v) is 10.6. The summed E-state index contributed by atoms with van der Waals surface area (Å²) < 4.78 is 6.29. The maximum atomic E-state index is 13.0. The molecule has 4 N–H and O–H groups in total. The number of allylic oxidation sites excluding steroid dienone is 1. The zero-order valence-electron chi connectivity index (χ0n) is 47.2. The maximum Gasteiger partial charge on any atom is 0.250 e. The number of rotatable bonds is 55. The predicted molar refractivity (Wildman–Crippen MR) is 304 cm³/mol. The first kappa shape index (κ1) is 66.4. The van der Waals surface area contributed by atoms with Gasteiger partial charge < -0.3 is 30.3 Å². The van der Waals surface area contributed by atoms with E-state index in [1.54, 1.807) is 0 Å². The van der Waals surface area contributed by atoms with Crippen molar-refractivity contribution in [2.24, 2.45) is 5.41 Å². The molecule has 0 spiro atoms. The Morgan fingerprint density at radius 2 is 0.886 bits per heavy atom. The molecule has 0 aliphatic carbocycles. The first-order valence-electron chi connectivity index (χ1n) is 30.7. The molecule has 0 aromatic heterocycles. The second kappa shape index (κ2) is 46.0. The van der Waals surface area contributed by atoms with E-state index in [2.05, 4.69) is 51.4 Å². The number of hydrogen-bond acceptors (Lipinski definition) is 8. The van der Waals surface area contributed by atoms with Gasteiger partial charge in [-0.3, -0.25) is 9.59 Å². The zero-order valence-corrected chi connectivity index (χ0v) is 47.2. The lowest BCUT2D eigenvalue weighted by Crippen LogP contribution is -2.38. The second-order valence-electron chi connectivity index (χ2n) is 22.4. The van der Waals surface area contributed by atoms with Crippen LogP contribution in [0.5, 0.6) is 0 Å². The molecule has 0 saturated carbocycles. The summed E-state index contributed by atoms with van der Waals surface area (Å²) in [5.74, 6) is 0. The van der Waals surface area contributed by atoms with Gasteiger partial charge in [-0.2, -0.15) is 0 Å². The fourth-order valence-electron chi connectivity index (χ4n) is 10.6. The van der Waals surface area contributed by atoms with Crippen LogP contribution in [-0.2, 0) is 4.74 Å². The Labute approximate surface area is 433 Å². The summed E-state index contributed by atoms with van der Waals surface area (Å²) in [5, 5.41) is 32.7. The van der Waals surface area contributed by atoms with Crippen LogP contribution in [0.3, 0.4) is 0 Å². The van der Waals surface area contributed by atoms with Gasteiger partial charge in [-0.25, -0.2) is 0 Å². The molecule has 0 heterocycles. The number of anilines is 1. The van der Waals surface area contributed by atoms with Gasteiger partial charge in [-0.1, -0.05) is 234 Å². The van der Waals surface area contributed by atoms with Gasteiger partial charge >= 0.3 is 0 Å². The van der Waals surface area contributed by atoms with E-state index in [1.807, 2.05) is 0 Å². The lowest BCUT2D eigenvalue weighted by molar-refractivity contribution is -0.144. The number of aliphatic hydroxyl groups is 3. The van der Waals surface area contributed by atoms with E-state index >= 15 is 0 Å². The summed E-state index contributed by atoms with van der Waals surface area (Å²) in [6.07, 6.45) is 48.7. The summed E-state index contributed by atoms with van der Waals surface area (Å²) >= 11 is 0. The highest BCUT2D eigenvalue weighted by atomic mass is 16.6. The minimum atomic E-state index is -1.21. The molecule has 0 amide bonds. The first-order chi connectivity index (χ1) is 34.0. The molecule has 0 saturated heterocycles. The minimum Gasteiger partial charge on any atom is -0.381 e. The van der Waals surface area contributed by atoms with Gasteiger partial charge in [0, 0.05) is 6.54 Å². The number of hydrogen-bond donors (Lipinski definition) is 4. The topological polar surface area (TPSA) is 119 Å². The monoisotopic (exact) mass is 987 g/mol. The number of aliphatic hydroxyl groups excluding tert-OH is 2. The Morgan fingerprint density at radius 3 is 1.34 bits per heavy atom. The second-order valence-corrected chi connectivity index (χ2v) is 22.4. The van der Waals surface area contributed by atoms with Crippen molar-refractivity contribution in [1.29, 1.82) is 0 Å². The zero-order chi connectivity index (χ0) is 51.3. The van der Waals surface area contributed by atoms with E-state index in [-0.39, 0.29) is 22.4 Å². The first-order valence-corrected chi connectivity index (χ1v) is 30.7. The van der Waals surface area contributed by atoms with Gasteiger partial charge in [0.25, 0.3) is 0 Å². The quantitative estimate of drug-likeness (QED) is 0.0289. The highest BCUT2D eigenvalue weighted by molar-refractivity contribution is 5.78. The van der Waals surface area contributed by atoms with Crippen molar-refractivity contribution in [3.05, 3.63) is 32.6 Å². The van der Waals surface area contributed by atoms with Crippen molar-refractivity contribution in [2.45, 2.75) is 329 Å². The Hall–Kier alpha value is -1.58. The third kappa shape index (κ3) is 35.6. The third-order valence-electron chi connectivity index (χ3n) is 15.5. The van der Waals surface area contributed by atoms with Crippen LogP contribution in [0.2, 0.25) is 0 Å². The number of nitrogens with zero attached hydrogens (tertiary/aromatic N) is 1. The van der Waals surface area contributed by atoms with Crippen molar-refractivity contribution in [3.63, 3.8) is 0 Å². The van der Waals surface area contributed by atoms with Gasteiger partial charge in [0.1, 0.15) is 0 Å². The number of unbranched alkanes of at least 4 members (excludes halogenated alkanes) is 28. The SMILES string of the molecule is C=C(CCC(C)(CCCCCCCC)CCCCCCCC)c1c(NCCCN(CCCCCCCC(O)O)CCCCCCCC(O)OC(CCCCCCCC)CCCCCCCC)c(=O)c1=O. The van der Waals surface area contributed by atoms with Crippen LogP contribution in [-0.4, -0.2) is 65.1 Å². The van der Waals surface area contributed by atoms with E-state index in [9.17, 15) is 24.9 Å². The Bertz CT molecular complexity index is 1360. The van der Waals surface area contributed by atoms with Crippen molar-refractivity contribution < 1.29 is 20.1 Å². The molecule has 0 fully saturated rings. The highest BCUT2D eigenvalue weighted by Crippen LogP contribution is 2.39. The molecule has 8 heteroatoms. The van der Waals surface area contributed by atoms with Crippen LogP contribution >= 0.6 is 0 Å². The van der Waals surface area contributed by atoms with Crippen molar-refractivity contribution >= 4 is 11.3 Å². The van der Waals surface area contributed by atoms with Crippen molar-refractivity contribution in [3.8, 4) is 0 Å². The van der Waals surface area contributed by atoms with E-state index in [1.165, 1.54) is 173 Å². The molecule has 0 aliphatic rings. The molecule has 70 heavy (non-hydrogen) atoms. The van der Waals surface area contributed by atoms with E-state index in [0.29, 0.717) is 24.2 Å². The molecule has 0 radical (unpaired) electrons. The summed E-state index contributed by atoms with van der Waals surface area (Å²) in [6.45, 7) is 19.6. The molecular weight excluding hydrogens is 869 g/mol. The molecule has 8 nitrogen and oxygen atoms in total. The predicted octanol–water partition coefficient (Wildman–Crippen LogP) is 16.9. The van der Waals surface area contributed by atoms with Crippen molar-refractivity contribution in [1.82, 2.24) is 4.90 Å². The molecule has 412 valence electrons.